The SMILES string of the molecule is CN1C(=O)[C@]2(CC(C)(C)C)O[C@@H](n3cnc4c(N)ncnc43)[C@@H]1C2OC(C)(C)C. The summed E-state index contributed by atoms with van der Waals surface area (Å²) < 4.78 is 14.9. The van der Waals surface area contributed by atoms with Gasteiger partial charge in [-0.2, -0.15) is 0 Å². The van der Waals surface area contributed by atoms with E-state index in [1.165, 1.54) is 6.33 Å². The monoisotopic (exact) mass is 402 g/mol. The number of amides is 1. The fourth-order valence-corrected chi connectivity index (χ4v) is 4.61. The molecule has 2 fully saturated rings. The summed E-state index contributed by atoms with van der Waals surface area (Å²) in [4.78, 5) is 27.8. The van der Waals surface area contributed by atoms with Gasteiger partial charge < -0.3 is 20.1 Å². The number of morpholine rings is 1. The van der Waals surface area contributed by atoms with Crippen LogP contribution in [0, 0.1) is 5.41 Å². The highest BCUT2D eigenvalue weighted by molar-refractivity contribution is 5.90. The molecule has 0 aliphatic carbocycles. The molecular formula is C20H30N6O3. The quantitative estimate of drug-likeness (QED) is 0.838. The normalized spacial score (nSPS) is 30.0. The molecule has 0 saturated carbocycles. The highest BCUT2D eigenvalue weighted by Gasteiger charge is 2.70. The molecule has 4 atom stereocenters. The molecule has 2 aromatic heterocycles. The van der Waals surface area contributed by atoms with Crippen LogP contribution in [0.25, 0.3) is 11.2 Å². The highest BCUT2D eigenvalue weighted by atomic mass is 16.6. The second-order valence-electron chi connectivity index (χ2n) is 10.3. The topological polar surface area (TPSA) is 108 Å². The number of nitrogens with zero attached hydrogens (tertiary/aromatic N) is 5. The largest absolute Gasteiger partial charge is 0.382 e. The van der Waals surface area contributed by atoms with Gasteiger partial charge in [0.15, 0.2) is 23.3 Å². The molecule has 1 unspecified atom stereocenters. The van der Waals surface area contributed by atoms with Crippen molar-refractivity contribution in [1.82, 2.24) is 24.4 Å². The van der Waals surface area contributed by atoms with Crippen molar-refractivity contribution in [1.29, 1.82) is 0 Å². The van der Waals surface area contributed by atoms with Crippen molar-refractivity contribution in [3.05, 3.63) is 12.7 Å². The number of nitrogens with two attached hydrogens (primary N) is 1. The van der Waals surface area contributed by atoms with Gasteiger partial charge in [0.25, 0.3) is 5.91 Å². The molecule has 1 amide bonds. The summed E-state index contributed by atoms with van der Waals surface area (Å²) in [6.45, 7) is 12.3. The van der Waals surface area contributed by atoms with Crippen LogP contribution in [0.4, 0.5) is 5.82 Å². The molecule has 4 rings (SSSR count). The summed E-state index contributed by atoms with van der Waals surface area (Å²) in [6.07, 6.45) is 2.71. The van der Waals surface area contributed by atoms with Crippen LogP contribution in [-0.4, -0.2) is 60.7 Å². The van der Waals surface area contributed by atoms with Gasteiger partial charge in [0.1, 0.15) is 24.0 Å². The minimum atomic E-state index is -1.06. The van der Waals surface area contributed by atoms with Gasteiger partial charge in [-0.25, -0.2) is 15.0 Å². The van der Waals surface area contributed by atoms with E-state index in [-0.39, 0.29) is 17.4 Å². The predicted octanol–water partition coefficient (Wildman–Crippen LogP) is 2.14. The lowest BCUT2D eigenvalue weighted by Crippen LogP contribution is -2.52. The van der Waals surface area contributed by atoms with Gasteiger partial charge in [-0.1, -0.05) is 20.8 Å². The first-order chi connectivity index (χ1) is 13.3. The molecule has 2 aromatic rings. The first kappa shape index (κ1) is 20.0. The first-order valence-corrected chi connectivity index (χ1v) is 9.90. The number of hydrogen-bond donors (Lipinski definition) is 1. The molecule has 4 heterocycles. The Hall–Kier alpha value is -2.26. The number of ether oxygens (including phenoxy) is 2. The van der Waals surface area contributed by atoms with Crippen LogP contribution in [0.1, 0.15) is 54.2 Å². The van der Waals surface area contributed by atoms with Gasteiger partial charge >= 0.3 is 0 Å². The van der Waals surface area contributed by atoms with Crippen LogP contribution in [0.3, 0.4) is 0 Å². The van der Waals surface area contributed by atoms with Gasteiger partial charge in [-0.05, 0) is 32.6 Å². The summed E-state index contributed by atoms with van der Waals surface area (Å²) in [5.41, 5.74) is 5.42. The number of likely N-dealkylation sites (N-methyl/N-ethyl adjacent to an activating group) is 1. The Balaban J connectivity index is 1.84. The number of nitrogen functional groups attached to an aromatic ring is 1. The molecule has 0 spiro atoms. The van der Waals surface area contributed by atoms with Crippen LogP contribution in [0.5, 0.6) is 0 Å². The molecule has 0 radical (unpaired) electrons. The highest BCUT2D eigenvalue weighted by Crippen LogP contribution is 2.53. The second-order valence-corrected chi connectivity index (χ2v) is 10.3. The van der Waals surface area contributed by atoms with E-state index in [2.05, 4.69) is 35.7 Å². The van der Waals surface area contributed by atoms with Gasteiger partial charge in [0, 0.05) is 7.05 Å². The molecule has 9 heteroatoms. The molecule has 158 valence electrons. The fourth-order valence-electron chi connectivity index (χ4n) is 4.61. The van der Waals surface area contributed by atoms with Crippen molar-refractivity contribution in [3.8, 4) is 0 Å². The number of hydrogen-bond acceptors (Lipinski definition) is 7. The van der Waals surface area contributed by atoms with Gasteiger partial charge in [0.2, 0.25) is 0 Å². The molecule has 29 heavy (non-hydrogen) atoms. The van der Waals surface area contributed by atoms with Gasteiger partial charge in [0.05, 0.1) is 11.9 Å². The van der Waals surface area contributed by atoms with Crippen molar-refractivity contribution in [3.63, 3.8) is 0 Å². The molecule has 9 nitrogen and oxygen atoms in total. The van der Waals surface area contributed by atoms with Crippen LogP contribution in [0.15, 0.2) is 12.7 Å². The Morgan fingerprint density at radius 1 is 1.21 bits per heavy atom. The van der Waals surface area contributed by atoms with Crippen molar-refractivity contribution in [2.75, 3.05) is 12.8 Å². The van der Waals surface area contributed by atoms with E-state index in [0.717, 1.165) is 0 Å². The van der Waals surface area contributed by atoms with Gasteiger partial charge in [-0.3, -0.25) is 9.36 Å². The minimum absolute atomic E-state index is 0.0403. The number of likely N-dealkylation sites (tertiary alicyclic amines) is 1. The van der Waals surface area contributed by atoms with Crippen molar-refractivity contribution in [2.24, 2.45) is 5.41 Å². The van der Waals surface area contributed by atoms with E-state index < -0.39 is 23.5 Å². The lowest BCUT2D eigenvalue weighted by atomic mass is 9.79. The van der Waals surface area contributed by atoms with E-state index in [4.69, 9.17) is 15.2 Å². The molecule has 2 saturated heterocycles. The summed E-state index contributed by atoms with van der Waals surface area (Å²) in [5.74, 6) is 0.273. The number of fused-ring (bicyclic) bond motifs is 3. The Bertz CT molecular complexity index is 959. The summed E-state index contributed by atoms with van der Waals surface area (Å²) in [5, 5.41) is 0. The number of carbonyl (C=O) groups excluding carboxylic acids is 1. The Morgan fingerprint density at radius 2 is 1.90 bits per heavy atom. The zero-order valence-electron chi connectivity index (χ0n) is 18.1. The van der Waals surface area contributed by atoms with Gasteiger partial charge in [-0.15, -0.1) is 0 Å². The zero-order chi connectivity index (χ0) is 21.4. The maximum absolute atomic E-state index is 13.3. The smallest absolute Gasteiger partial charge is 0.258 e. The summed E-state index contributed by atoms with van der Waals surface area (Å²) in [7, 11) is 1.81. The summed E-state index contributed by atoms with van der Waals surface area (Å²) in [6, 6.07) is -0.308. The molecule has 2 N–H and O–H groups in total. The molecule has 0 aromatic carbocycles. The van der Waals surface area contributed by atoms with Crippen molar-refractivity contribution >= 4 is 22.9 Å². The Labute approximate surface area is 170 Å². The molecular weight excluding hydrogens is 372 g/mol. The number of anilines is 1. The van der Waals surface area contributed by atoms with Crippen LogP contribution in [-0.2, 0) is 14.3 Å². The van der Waals surface area contributed by atoms with E-state index >= 15 is 0 Å². The number of aromatic nitrogens is 4. The van der Waals surface area contributed by atoms with Crippen LogP contribution in [0.2, 0.25) is 0 Å². The fraction of sp³-hybridized carbons (Fsp3) is 0.700. The van der Waals surface area contributed by atoms with E-state index in [1.807, 2.05) is 32.4 Å². The van der Waals surface area contributed by atoms with E-state index in [9.17, 15) is 4.79 Å². The average molecular weight is 402 g/mol. The molecule has 2 aliphatic rings. The number of carbonyl (C=O) groups is 1. The lowest BCUT2D eigenvalue weighted by Gasteiger charge is -2.38. The molecule has 2 aliphatic heterocycles. The second kappa shape index (κ2) is 6.12. The standard InChI is InChI=1S/C20H30N6O3/c1-18(2,3)8-20-13(28-19(4,5)6)12(25(7)17(20)27)16(29-20)26-10-24-11-14(21)22-9-23-15(11)26/h9-10,12-13,16H,8H2,1-7H3,(H2,21,22,23)/t12-,13?,16+,20+/m0/s1. The lowest BCUT2D eigenvalue weighted by molar-refractivity contribution is -0.186. The van der Waals surface area contributed by atoms with Crippen molar-refractivity contribution in [2.45, 2.75) is 77.5 Å². The third-order valence-electron chi connectivity index (χ3n) is 5.46. The van der Waals surface area contributed by atoms with Crippen LogP contribution < -0.4 is 5.73 Å². The van der Waals surface area contributed by atoms with E-state index in [0.29, 0.717) is 23.4 Å². The summed E-state index contributed by atoms with van der Waals surface area (Å²) >= 11 is 0. The van der Waals surface area contributed by atoms with Crippen LogP contribution >= 0.6 is 0 Å². The third-order valence-corrected chi connectivity index (χ3v) is 5.46. The first-order valence-electron chi connectivity index (χ1n) is 9.90. The zero-order valence-corrected chi connectivity index (χ0v) is 18.1. The van der Waals surface area contributed by atoms with Crippen molar-refractivity contribution < 1.29 is 14.3 Å². The van der Waals surface area contributed by atoms with E-state index in [1.54, 1.807) is 11.2 Å². The predicted molar refractivity (Wildman–Crippen MR) is 108 cm³/mol. The Kier molecular flexibility index (Phi) is 4.23. The maximum atomic E-state index is 13.3. The Morgan fingerprint density at radius 3 is 2.52 bits per heavy atom. The maximum Gasteiger partial charge on any atom is 0.258 e. The molecule has 2 bridgehead atoms. The third kappa shape index (κ3) is 3.07. The number of imidazole rings is 1. The average Bonchev–Trinajstić information content (AvgIpc) is 3.16. The number of rotatable bonds is 3. The minimum Gasteiger partial charge on any atom is -0.382 e.